The van der Waals surface area contributed by atoms with Gasteiger partial charge in [0.1, 0.15) is 9.61 Å². The Morgan fingerprint density at radius 2 is 2.38 bits per heavy atom. The molecule has 16 heavy (non-hydrogen) atoms. The lowest BCUT2D eigenvalue weighted by Crippen LogP contribution is -1.98. The molecule has 0 unspecified atom stereocenters. The number of nitrogens with zero attached hydrogens (tertiary/aromatic N) is 2. The Morgan fingerprint density at radius 3 is 3.00 bits per heavy atom. The first-order valence-corrected chi connectivity index (χ1v) is 6.05. The SMILES string of the molecule is O=C(O)Cc1sc(-c2cccnc2)nc1Br. The minimum absolute atomic E-state index is 0.0154. The molecule has 1 N–H and O–H groups in total. The Balaban J connectivity index is 2.34. The van der Waals surface area contributed by atoms with Crippen LogP contribution in [0.1, 0.15) is 4.88 Å². The van der Waals surface area contributed by atoms with E-state index in [4.69, 9.17) is 5.11 Å². The molecular weight excluding hydrogens is 292 g/mol. The van der Waals surface area contributed by atoms with Gasteiger partial charge in [0.25, 0.3) is 0 Å². The van der Waals surface area contributed by atoms with Crippen molar-refractivity contribution in [2.75, 3.05) is 0 Å². The summed E-state index contributed by atoms with van der Waals surface area (Å²) in [5.41, 5.74) is 0.893. The normalized spacial score (nSPS) is 10.3. The van der Waals surface area contributed by atoms with E-state index in [-0.39, 0.29) is 6.42 Å². The molecule has 0 aliphatic carbocycles. The molecule has 2 heterocycles. The molecule has 6 heteroatoms. The molecule has 4 nitrogen and oxygen atoms in total. The van der Waals surface area contributed by atoms with Crippen LogP contribution in [-0.4, -0.2) is 21.0 Å². The topological polar surface area (TPSA) is 63.1 Å². The molecule has 0 spiro atoms. The van der Waals surface area contributed by atoms with Gasteiger partial charge in [0.2, 0.25) is 0 Å². The first-order valence-electron chi connectivity index (χ1n) is 4.44. The van der Waals surface area contributed by atoms with Crippen LogP contribution in [0.2, 0.25) is 0 Å². The summed E-state index contributed by atoms with van der Waals surface area (Å²) in [6.07, 6.45) is 3.37. The van der Waals surface area contributed by atoms with Gasteiger partial charge in [-0.1, -0.05) is 0 Å². The van der Waals surface area contributed by atoms with E-state index in [2.05, 4.69) is 25.9 Å². The highest BCUT2D eigenvalue weighted by Gasteiger charge is 2.13. The first kappa shape index (κ1) is 11.2. The third-order valence-corrected chi connectivity index (χ3v) is 3.89. The molecule has 2 rings (SSSR count). The summed E-state index contributed by atoms with van der Waals surface area (Å²) in [4.78, 5) is 19.6. The fourth-order valence-corrected chi connectivity index (χ4v) is 2.80. The largest absolute Gasteiger partial charge is 0.481 e. The molecule has 2 aromatic heterocycles. The van der Waals surface area contributed by atoms with Crippen LogP contribution in [0.5, 0.6) is 0 Å². The lowest BCUT2D eigenvalue weighted by atomic mass is 10.3. The van der Waals surface area contributed by atoms with E-state index in [0.717, 1.165) is 10.6 Å². The van der Waals surface area contributed by atoms with Gasteiger partial charge >= 0.3 is 5.97 Å². The number of rotatable bonds is 3. The van der Waals surface area contributed by atoms with Crippen LogP contribution < -0.4 is 0 Å². The highest BCUT2D eigenvalue weighted by molar-refractivity contribution is 9.10. The van der Waals surface area contributed by atoms with Crippen LogP contribution in [0.15, 0.2) is 29.1 Å². The van der Waals surface area contributed by atoms with Crippen molar-refractivity contribution >= 4 is 33.2 Å². The van der Waals surface area contributed by atoms with Gasteiger partial charge in [-0.2, -0.15) is 0 Å². The Labute approximate surface area is 104 Å². The van der Waals surface area contributed by atoms with Crippen molar-refractivity contribution in [1.82, 2.24) is 9.97 Å². The molecule has 0 radical (unpaired) electrons. The third-order valence-electron chi connectivity index (χ3n) is 1.87. The lowest BCUT2D eigenvalue weighted by Gasteiger charge is -1.92. The summed E-state index contributed by atoms with van der Waals surface area (Å²) in [5.74, 6) is -0.859. The molecule has 0 aromatic carbocycles. The van der Waals surface area contributed by atoms with Crippen molar-refractivity contribution in [3.63, 3.8) is 0 Å². The van der Waals surface area contributed by atoms with Crippen molar-refractivity contribution in [3.05, 3.63) is 34.0 Å². The second-order valence-electron chi connectivity index (χ2n) is 3.05. The number of carboxylic acid groups (broad SMARTS) is 1. The number of carbonyl (C=O) groups is 1. The third kappa shape index (κ3) is 2.45. The minimum atomic E-state index is -0.859. The zero-order valence-corrected chi connectivity index (χ0v) is 10.5. The highest BCUT2D eigenvalue weighted by Crippen LogP contribution is 2.30. The van der Waals surface area contributed by atoms with E-state index in [1.54, 1.807) is 12.4 Å². The highest BCUT2D eigenvalue weighted by atomic mass is 79.9. The summed E-state index contributed by atoms with van der Waals surface area (Å²) >= 11 is 4.62. The molecule has 0 saturated heterocycles. The molecular formula is C10H7BrN2O2S. The van der Waals surface area contributed by atoms with E-state index >= 15 is 0 Å². The molecule has 0 aliphatic rings. The minimum Gasteiger partial charge on any atom is -0.481 e. The summed E-state index contributed by atoms with van der Waals surface area (Å²) in [5, 5.41) is 9.49. The summed E-state index contributed by atoms with van der Waals surface area (Å²) < 4.78 is 0.596. The summed E-state index contributed by atoms with van der Waals surface area (Å²) in [7, 11) is 0. The van der Waals surface area contributed by atoms with Crippen LogP contribution >= 0.6 is 27.3 Å². The molecule has 0 fully saturated rings. The zero-order chi connectivity index (χ0) is 11.5. The molecule has 0 saturated carbocycles. The van der Waals surface area contributed by atoms with Gasteiger partial charge in [-0.05, 0) is 28.1 Å². The number of hydrogen-bond acceptors (Lipinski definition) is 4. The van der Waals surface area contributed by atoms with E-state index in [0.29, 0.717) is 9.48 Å². The van der Waals surface area contributed by atoms with Crippen LogP contribution in [0.3, 0.4) is 0 Å². The number of hydrogen-bond donors (Lipinski definition) is 1. The van der Waals surface area contributed by atoms with Crippen molar-refractivity contribution in [2.24, 2.45) is 0 Å². The number of pyridine rings is 1. The van der Waals surface area contributed by atoms with Crippen molar-refractivity contribution < 1.29 is 9.90 Å². The van der Waals surface area contributed by atoms with E-state index < -0.39 is 5.97 Å². The predicted molar refractivity (Wildman–Crippen MR) is 64.4 cm³/mol. The van der Waals surface area contributed by atoms with E-state index in [1.807, 2.05) is 12.1 Å². The number of halogens is 1. The van der Waals surface area contributed by atoms with Gasteiger partial charge in [0.05, 0.1) is 11.3 Å². The maximum absolute atomic E-state index is 10.6. The van der Waals surface area contributed by atoms with Crippen molar-refractivity contribution in [1.29, 1.82) is 0 Å². The average molecular weight is 299 g/mol. The maximum Gasteiger partial charge on any atom is 0.308 e. The predicted octanol–water partition coefficient (Wildman–Crippen LogP) is 2.59. The molecule has 0 amide bonds. The summed E-state index contributed by atoms with van der Waals surface area (Å²) in [6, 6.07) is 3.71. The van der Waals surface area contributed by atoms with Gasteiger partial charge in [-0.15, -0.1) is 11.3 Å². The number of carboxylic acids is 1. The maximum atomic E-state index is 10.6. The number of thiazole rings is 1. The van der Waals surface area contributed by atoms with Crippen LogP contribution in [-0.2, 0) is 11.2 Å². The van der Waals surface area contributed by atoms with Crippen molar-refractivity contribution in [3.8, 4) is 10.6 Å². The monoisotopic (exact) mass is 298 g/mol. The molecule has 0 atom stereocenters. The quantitative estimate of drug-likeness (QED) is 0.946. The second-order valence-corrected chi connectivity index (χ2v) is 4.88. The molecule has 0 bridgehead atoms. The fourth-order valence-electron chi connectivity index (χ4n) is 1.19. The van der Waals surface area contributed by atoms with Gasteiger partial charge in [0.15, 0.2) is 0 Å². The van der Waals surface area contributed by atoms with Gasteiger partial charge in [-0.3, -0.25) is 9.78 Å². The first-order chi connectivity index (χ1) is 7.66. The van der Waals surface area contributed by atoms with Gasteiger partial charge < -0.3 is 5.11 Å². The number of aromatic nitrogens is 2. The Bertz CT molecular complexity index is 513. The Kier molecular flexibility index (Phi) is 3.31. The summed E-state index contributed by atoms with van der Waals surface area (Å²) in [6.45, 7) is 0. The van der Waals surface area contributed by atoms with Crippen LogP contribution in [0, 0.1) is 0 Å². The lowest BCUT2D eigenvalue weighted by molar-refractivity contribution is -0.136. The van der Waals surface area contributed by atoms with E-state index in [9.17, 15) is 4.79 Å². The molecule has 82 valence electrons. The molecule has 2 aromatic rings. The van der Waals surface area contributed by atoms with Crippen molar-refractivity contribution in [2.45, 2.75) is 6.42 Å². The van der Waals surface area contributed by atoms with E-state index in [1.165, 1.54) is 11.3 Å². The van der Waals surface area contributed by atoms with Crippen LogP contribution in [0.25, 0.3) is 10.6 Å². The zero-order valence-electron chi connectivity index (χ0n) is 8.05. The number of aliphatic carboxylic acids is 1. The standard InChI is InChI=1S/C10H7BrN2O2S/c11-9-7(4-8(14)15)16-10(13-9)6-2-1-3-12-5-6/h1-3,5H,4H2,(H,14,15). The van der Waals surface area contributed by atoms with Gasteiger partial charge in [0, 0.05) is 18.0 Å². The van der Waals surface area contributed by atoms with Gasteiger partial charge in [-0.25, -0.2) is 4.98 Å². The van der Waals surface area contributed by atoms with Crippen LogP contribution in [0.4, 0.5) is 0 Å². The Morgan fingerprint density at radius 1 is 1.56 bits per heavy atom. The smallest absolute Gasteiger partial charge is 0.308 e. The molecule has 0 aliphatic heterocycles. The second kappa shape index (κ2) is 4.71. The fraction of sp³-hybridized carbons (Fsp3) is 0.100. The Hall–Kier alpha value is -1.27. The average Bonchev–Trinajstić information content (AvgIpc) is 2.61.